The topological polar surface area (TPSA) is 79.3 Å². The third kappa shape index (κ3) is 6.29. The molecule has 7 nitrogen and oxygen atoms in total. The van der Waals surface area contributed by atoms with E-state index in [2.05, 4.69) is 10.6 Å². The van der Waals surface area contributed by atoms with Crippen LogP contribution in [0.5, 0.6) is 0 Å². The Labute approximate surface area is 224 Å². The summed E-state index contributed by atoms with van der Waals surface area (Å²) in [5.74, 6) is 0.472. The van der Waals surface area contributed by atoms with E-state index in [9.17, 15) is 9.59 Å². The van der Waals surface area contributed by atoms with E-state index in [-0.39, 0.29) is 24.4 Å². The molecule has 2 N–H and O–H groups in total. The second-order valence-electron chi connectivity index (χ2n) is 10.00. The third-order valence-electron chi connectivity index (χ3n) is 6.20. The van der Waals surface area contributed by atoms with Gasteiger partial charge in [0.15, 0.2) is 0 Å². The Hall–Kier alpha value is -4.39. The minimum absolute atomic E-state index is 0.0952. The largest absolute Gasteiger partial charge is 0.322 e. The summed E-state index contributed by atoms with van der Waals surface area (Å²) in [6.07, 6.45) is 0. The first-order chi connectivity index (χ1) is 18.2. The van der Waals surface area contributed by atoms with E-state index in [1.807, 2.05) is 113 Å². The summed E-state index contributed by atoms with van der Waals surface area (Å²) in [7, 11) is 0. The van der Waals surface area contributed by atoms with Crippen molar-refractivity contribution in [2.24, 2.45) is 5.92 Å². The fourth-order valence-electron chi connectivity index (χ4n) is 4.50. The molecule has 0 radical (unpaired) electrons. The van der Waals surface area contributed by atoms with Gasteiger partial charge in [0.2, 0.25) is 5.91 Å². The molecular formula is C31H35N5O2. The molecule has 0 aliphatic carbocycles. The molecule has 0 unspecified atom stereocenters. The van der Waals surface area contributed by atoms with Gasteiger partial charge in [-0.15, -0.1) is 0 Å². The molecule has 0 atom stereocenters. The van der Waals surface area contributed by atoms with Crippen molar-refractivity contribution < 1.29 is 9.59 Å². The Bertz CT molecular complexity index is 1430. The summed E-state index contributed by atoms with van der Waals surface area (Å²) >= 11 is 0. The lowest BCUT2D eigenvalue weighted by Gasteiger charge is -2.25. The SMILES string of the molecule is Cc1cccc(NC(=O)N(CC(=O)Nc2c(-c3ccccc3)c(C)nn2-c2ccccc2C)CC(C)C)c1. The standard InChI is InChI=1S/C31H35N5O2/c1-21(2)19-35(31(38)32-26-16-11-12-22(3)18-26)20-28(37)33-30-29(25-14-7-6-8-15-25)24(5)34-36(30)27-17-10-9-13-23(27)4/h6-18,21H,19-20H2,1-5H3,(H,32,38)(H,33,37). The lowest BCUT2D eigenvalue weighted by molar-refractivity contribution is -0.116. The van der Waals surface area contributed by atoms with Gasteiger partial charge in [0, 0.05) is 17.8 Å². The molecule has 196 valence electrons. The van der Waals surface area contributed by atoms with Gasteiger partial charge in [-0.2, -0.15) is 5.10 Å². The number of carbonyl (C=O) groups excluding carboxylic acids is 2. The van der Waals surface area contributed by atoms with Crippen LogP contribution in [-0.2, 0) is 4.79 Å². The second-order valence-corrected chi connectivity index (χ2v) is 10.00. The van der Waals surface area contributed by atoms with Crippen molar-refractivity contribution in [1.82, 2.24) is 14.7 Å². The highest BCUT2D eigenvalue weighted by Gasteiger charge is 2.24. The minimum atomic E-state index is -0.314. The monoisotopic (exact) mass is 509 g/mol. The van der Waals surface area contributed by atoms with Crippen molar-refractivity contribution in [3.63, 3.8) is 0 Å². The Morgan fingerprint density at radius 1 is 0.895 bits per heavy atom. The molecule has 1 heterocycles. The predicted octanol–water partition coefficient (Wildman–Crippen LogP) is 6.59. The summed E-state index contributed by atoms with van der Waals surface area (Å²) in [6, 6.07) is 25.1. The molecule has 4 aromatic rings. The molecule has 7 heteroatoms. The number of amides is 3. The van der Waals surface area contributed by atoms with Gasteiger partial charge in [-0.3, -0.25) is 4.79 Å². The Morgan fingerprint density at radius 2 is 1.61 bits per heavy atom. The molecule has 4 rings (SSSR count). The van der Waals surface area contributed by atoms with E-state index in [0.29, 0.717) is 18.1 Å². The highest BCUT2D eigenvalue weighted by Crippen LogP contribution is 2.34. The zero-order valence-electron chi connectivity index (χ0n) is 22.7. The van der Waals surface area contributed by atoms with E-state index in [1.165, 1.54) is 0 Å². The second kappa shape index (κ2) is 11.8. The maximum Gasteiger partial charge on any atom is 0.322 e. The smallest absolute Gasteiger partial charge is 0.315 e. The minimum Gasteiger partial charge on any atom is -0.315 e. The zero-order valence-corrected chi connectivity index (χ0v) is 22.7. The van der Waals surface area contributed by atoms with Crippen molar-refractivity contribution in [1.29, 1.82) is 0 Å². The van der Waals surface area contributed by atoms with Gasteiger partial charge in [-0.05, 0) is 61.6 Å². The van der Waals surface area contributed by atoms with Crippen molar-refractivity contribution in [3.05, 3.63) is 95.7 Å². The van der Waals surface area contributed by atoms with Gasteiger partial charge in [-0.25, -0.2) is 9.48 Å². The Balaban J connectivity index is 1.65. The molecular weight excluding hydrogens is 474 g/mol. The lowest BCUT2D eigenvalue weighted by Crippen LogP contribution is -2.42. The van der Waals surface area contributed by atoms with E-state index in [0.717, 1.165) is 33.6 Å². The van der Waals surface area contributed by atoms with Crippen molar-refractivity contribution in [2.75, 3.05) is 23.7 Å². The molecule has 0 saturated heterocycles. The molecule has 0 bridgehead atoms. The summed E-state index contributed by atoms with van der Waals surface area (Å²) in [4.78, 5) is 28.2. The maximum absolute atomic E-state index is 13.5. The molecule has 0 fully saturated rings. The summed E-state index contributed by atoms with van der Waals surface area (Å²) in [6.45, 7) is 10.3. The highest BCUT2D eigenvalue weighted by molar-refractivity contribution is 5.99. The fourth-order valence-corrected chi connectivity index (χ4v) is 4.50. The summed E-state index contributed by atoms with van der Waals surface area (Å²) in [5.41, 5.74) is 6.26. The van der Waals surface area contributed by atoms with E-state index in [4.69, 9.17) is 5.10 Å². The van der Waals surface area contributed by atoms with Gasteiger partial charge in [0.05, 0.1) is 11.4 Å². The van der Waals surface area contributed by atoms with Crippen LogP contribution in [0.4, 0.5) is 16.3 Å². The van der Waals surface area contributed by atoms with Crippen LogP contribution in [0.3, 0.4) is 0 Å². The fraction of sp³-hybridized carbons (Fsp3) is 0.258. The van der Waals surface area contributed by atoms with Crippen LogP contribution in [0.25, 0.3) is 16.8 Å². The van der Waals surface area contributed by atoms with Crippen LogP contribution in [-0.4, -0.2) is 39.7 Å². The molecule has 0 spiro atoms. The number of benzene rings is 3. The molecule has 0 saturated carbocycles. The summed E-state index contributed by atoms with van der Waals surface area (Å²) < 4.78 is 1.78. The number of nitrogens with zero attached hydrogens (tertiary/aromatic N) is 3. The van der Waals surface area contributed by atoms with Crippen LogP contribution < -0.4 is 10.6 Å². The highest BCUT2D eigenvalue weighted by atomic mass is 16.2. The van der Waals surface area contributed by atoms with Crippen molar-refractivity contribution >= 4 is 23.4 Å². The number of para-hydroxylation sites is 1. The number of urea groups is 1. The van der Waals surface area contributed by atoms with Crippen LogP contribution in [0.1, 0.15) is 30.7 Å². The van der Waals surface area contributed by atoms with Gasteiger partial charge < -0.3 is 15.5 Å². The van der Waals surface area contributed by atoms with Crippen LogP contribution in [0.15, 0.2) is 78.9 Å². The first-order valence-electron chi connectivity index (χ1n) is 12.9. The summed E-state index contributed by atoms with van der Waals surface area (Å²) in [5, 5.41) is 10.8. The lowest BCUT2D eigenvalue weighted by atomic mass is 10.1. The van der Waals surface area contributed by atoms with E-state index in [1.54, 1.807) is 9.58 Å². The van der Waals surface area contributed by atoms with Gasteiger partial charge >= 0.3 is 6.03 Å². The molecule has 0 aliphatic heterocycles. The number of nitrogens with one attached hydrogen (secondary N) is 2. The van der Waals surface area contributed by atoms with E-state index < -0.39 is 0 Å². The Kier molecular flexibility index (Phi) is 8.26. The number of hydrogen-bond acceptors (Lipinski definition) is 3. The molecule has 38 heavy (non-hydrogen) atoms. The number of hydrogen-bond donors (Lipinski definition) is 2. The Morgan fingerprint density at radius 3 is 2.29 bits per heavy atom. The van der Waals surface area contributed by atoms with Gasteiger partial charge in [-0.1, -0.05) is 74.5 Å². The van der Waals surface area contributed by atoms with E-state index >= 15 is 0 Å². The van der Waals surface area contributed by atoms with Crippen molar-refractivity contribution in [2.45, 2.75) is 34.6 Å². The molecule has 3 aromatic carbocycles. The predicted molar refractivity (Wildman–Crippen MR) is 154 cm³/mol. The van der Waals surface area contributed by atoms with Crippen LogP contribution in [0.2, 0.25) is 0 Å². The van der Waals surface area contributed by atoms with Crippen LogP contribution in [0, 0.1) is 26.7 Å². The quantitative estimate of drug-likeness (QED) is 0.281. The number of anilines is 2. The molecule has 1 aromatic heterocycles. The molecule has 3 amide bonds. The number of carbonyl (C=O) groups is 2. The molecule has 0 aliphatic rings. The zero-order chi connectivity index (χ0) is 27.2. The normalized spacial score (nSPS) is 10.9. The number of aryl methyl sites for hydroxylation is 3. The first-order valence-corrected chi connectivity index (χ1v) is 12.9. The average molecular weight is 510 g/mol. The number of rotatable bonds is 8. The average Bonchev–Trinajstić information content (AvgIpc) is 3.19. The number of aromatic nitrogens is 2. The maximum atomic E-state index is 13.5. The van der Waals surface area contributed by atoms with Gasteiger partial charge in [0.25, 0.3) is 0 Å². The van der Waals surface area contributed by atoms with Crippen LogP contribution >= 0.6 is 0 Å². The van der Waals surface area contributed by atoms with Gasteiger partial charge in [0.1, 0.15) is 12.4 Å². The first kappa shape index (κ1) is 26.7. The van der Waals surface area contributed by atoms with Crippen molar-refractivity contribution in [3.8, 4) is 16.8 Å². The third-order valence-corrected chi connectivity index (χ3v) is 6.20.